The van der Waals surface area contributed by atoms with Gasteiger partial charge in [-0.15, -0.1) is 0 Å². The fourth-order valence-corrected chi connectivity index (χ4v) is 4.02. The minimum absolute atomic E-state index is 0.0911. The van der Waals surface area contributed by atoms with E-state index >= 15 is 0 Å². The molecule has 0 radical (unpaired) electrons. The Kier molecular flexibility index (Phi) is 4.61. The molecular weight excluding hydrogens is 330 g/mol. The van der Waals surface area contributed by atoms with Crippen LogP contribution in [0.25, 0.3) is 0 Å². The molecule has 4 rings (SSSR count). The molecule has 0 aliphatic carbocycles. The maximum atomic E-state index is 11.5. The van der Waals surface area contributed by atoms with E-state index in [9.17, 15) is 10.1 Å². The predicted octanol–water partition coefficient (Wildman–Crippen LogP) is 2.99. The summed E-state index contributed by atoms with van der Waals surface area (Å²) in [7, 11) is 0. The molecule has 0 spiro atoms. The zero-order chi connectivity index (χ0) is 18.1. The third-order valence-corrected chi connectivity index (χ3v) is 5.31. The molecule has 2 atom stereocenters. The van der Waals surface area contributed by atoms with Gasteiger partial charge in [-0.25, -0.2) is 0 Å². The van der Waals surface area contributed by atoms with Gasteiger partial charge in [0.1, 0.15) is 5.69 Å². The van der Waals surface area contributed by atoms with Crippen LogP contribution in [0.1, 0.15) is 11.1 Å². The molecule has 6 heteroatoms. The van der Waals surface area contributed by atoms with Crippen molar-refractivity contribution < 1.29 is 9.66 Å². The number of anilines is 1. The van der Waals surface area contributed by atoms with Gasteiger partial charge >= 0.3 is 0 Å². The van der Waals surface area contributed by atoms with Crippen molar-refractivity contribution in [3.8, 4) is 0 Å². The Morgan fingerprint density at radius 1 is 1.19 bits per heavy atom. The molecule has 2 aromatic carbocycles. The fourth-order valence-electron chi connectivity index (χ4n) is 4.02. The maximum absolute atomic E-state index is 11.5. The monoisotopic (exact) mass is 353 g/mol. The standard InChI is InChI=1S/C20H23N3O3/c1-15-7-8-17(18(11-15)23(24)25)22-13-19-20(14-22)26-10-9-21(19)12-16-5-3-2-4-6-16/h2-8,11,19-20H,9-10,12-14H2,1H3. The van der Waals surface area contributed by atoms with Crippen molar-refractivity contribution >= 4 is 11.4 Å². The van der Waals surface area contributed by atoms with Crippen LogP contribution >= 0.6 is 0 Å². The lowest BCUT2D eigenvalue weighted by Crippen LogP contribution is -2.50. The topological polar surface area (TPSA) is 58.8 Å². The van der Waals surface area contributed by atoms with Crippen LogP contribution in [0.4, 0.5) is 11.4 Å². The molecule has 0 N–H and O–H groups in total. The summed E-state index contributed by atoms with van der Waals surface area (Å²) in [6.07, 6.45) is 0.0911. The molecule has 0 amide bonds. The van der Waals surface area contributed by atoms with Crippen LogP contribution in [-0.2, 0) is 11.3 Å². The highest BCUT2D eigenvalue weighted by Gasteiger charge is 2.41. The Balaban J connectivity index is 1.55. The summed E-state index contributed by atoms with van der Waals surface area (Å²) in [6.45, 7) is 5.80. The summed E-state index contributed by atoms with van der Waals surface area (Å²) in [4.78, 5) is 15.8. The van der Waals surface area contributed by atoms with Gasteiger partial charge in [-0.1, -0.05) is 36.4 Å². The Morgan fingerprint density at radius 3 is 2.77 bits per heavy atom. The molecule has 2 saturated heterocycles. The van der Waals surface area contributed by atoms with Gasteiger partial charge in [-0.3, -0.25) is 15.0 Å². The van der Waals surface area contributed by atoms with E-state index < -0.39 is 0 Å². The lowest BCUT2D eigenvalue weighted by Gasteiger charge is -2.36. The summed E-state index contributed by atoms with van der Waals surface area (Å²) in [6, 6.07) is 16.1. The van der Waals surface area contributed by atoms with Crippen molar-refractivity contribution in [1.29, 1.82) is 0 Å². The van der Waals surface area contributed by atoms with Crippen molar-refractivity contribution in [3.05, 3.63) is 69.8 Å². The minimum atomic E-state index is -0.285. The summed E-state index contributed by atoms with van der Waals surface area (Å²) >= 11 is 0. The third kappa shape index (κ3) is 3.30. The lowest BCUT2D eigenvalue weighted by molar-refractivity contribution is -0.384. The summed E-state index contributed by atoms with van der Waals surface area (Å²) < 4.78 is 5.99. The summed E-state index contributed by atoms with van der Waals surface area (Å²) in [5.74, 6) is 0. The second-order valence-corrected chi connectivity index (χ2v) is 7.09. The van der Waals surface area contributed by atoms with Gasteiger partial charge in [0, 0.05) is 32.2 Å². The normalized spacial score (nSPS) is 23.0. The van der Waals surface area contributed by atoms with E-state index in [1.165, 1.54) is 5.56 Å². The number of ether oxygens (including phenoxy) is 1. The van der Waals surface area contributed by atoms with Crippen LogP contribution in [0.5, 0.6) is 0 Å². The Hall–Kier alpha value is -2.44. The van der Waals surface area contributed by atoms with Crippen molar-refractivity contribution in [1.82, 2.24) is 4.90 Å². The van der Waals surface area contributed by atoms with Crippen molar-refractivity contribution in [2.75, 3.05) is 31.1 Å². The van der Waals surface area contributed by atoms with Gasteiger partial charge in [0.05, 0.1) is 23.7 Å². The van der Waals surface area contributed by atoms with Crippen LogP contribution in [-0.4, -0.2) is 48.2 Å². The molecule has 0 saturated carbocycles. The van der Waals surface area contributed by atoms with E-state index in [1.807, 2.05) is 25.1 Å². The highest BCUT2D eigenvalue weighted by Crippen LogP contribution is 2.34. The van der Waals surface area contributed by atoms with E-state index in [1.54, 1.807) is 6.07 Å². The van der Waals surface area contributed by atoms with Crippen LogP contribution in [0.3, 0.4) is 0 Å². The Morgan fingerprint density at radius 2 is 2.00 bits per heavy atom. The molecule has 0 aromatic heterocycles. The first-order valence-corrected chi connectivity index (χ1v) is 9.01. The zero-order valence-electron chi connectivity index (χ0n) is 14.9. The number of hydrogen-bond acceptors (Lipinski definition) is 5. The van der Waals surface area contributed by atoms with Crippen LogP contribution in [0, 0.1) is 17.0 Å². The van der Waals surface area contributed by atoms with E-state index in [-0.39, 0.29) is 22.8 Å². The first kappa shape index (κ1) is 17.0. The first-order valence-electron chi connectivity index (χ1n) is 9.01. The molecule has 2 aromatic rings. The van der Waals surface area contributed by atoms with Gasteiger partial charge in [0.25, 0.3) is 5.69 Å². The third-order valence-electron chi connectivity index (χ3n) is 5.31. The van der Waals surface area contributed by atoms with Gasteiger partial charge in [-0.05, 0) is 24.1 Å². The second-order valence-electron chi connectivity index (χ2n) is 7.09. The van der Waals surface area contributed by atoms with Gasteiger partial charge < -0.3 is 9.64 Å². The predicted molar refractivity (Wildman–Crippen MR) is 100 cm³/mol. The number of rotatable bonds is 4. The van der Waals surface area contributed by atoms with Gasteiger partial charge in [-0.2, -0.15) is 0 Å². The highest BCUT2D eigenvalue weighted by molar-refractivity contribution is 5.65. The SMILES string of the molecule is Cc1ccc(N2CC3OCCN(Cc4ccccc4)C3C2)c([N+](=O)[O-])c1. The number of nitro benzene ring substituents is 1. The average Bonchev–Trinajstić information content (AvgIpc) is 3.07. The van der Waals surface area contributed by atoms with E-state index in [0.717, 1.165) is 25.2 Å². The number of nitrogens with zero attached hydrogens (tertiary/aromatic N) is 3. The summed E-state index contributed by atoms with van der Waals surface area (Å²) in [5.41, 5.74) is 3.06. The molecule has 0 bridgehead atoms. The van der Waals surface area contributed by atoms with Crippen LogP contribution < -0.4 is 4.90 Å². The Labute approximate surface area is 153 Å². The highest BCUT2D eigenvalue weighted by atomic mass is 16.6. The van der Waals surface area contributed by atoms with Crippen LogP contribution in [0.15, 0.2) is 48.5 Å². The van der Waals surface area contributed by atoms with Crippen molar-refractivity contribution in [3.63, 3.8) is 0 Å². The molecule has 2 unspecified atom stereocenters. The zero-order valence-corrected chi connectivity index (χ0v) is 14.9. The molecule has 26 heavy (non-hydrogen) atoms. The smallest absolute Gasteiger partial charge is 0.292 e. The second kappa shape index (κ2) is 7.05. The largest absolute Gasteiger partial charge is 0.373 e. The first-order chi connectivity index (χ1) is 12.6. The number of aryl methyl sites for hydroxylation is 1. The van der Waals surface area contributed by atoms with E-state index in [2.05, 4.69) is 34.1 Å². The van der Waals surface area contributed by atoms with Gasteiger partial charge in [0.2, 0.25) is 0 Å². The lowest BCUT2D eigenvalue weighted by atomic mass is 10.1. The van der Waals surface area contributed by atoms with Crippen molar-refractivity contribution in [2.24, 2.45) is 0 Å². The molecule has 136 valence electrons. The van der Waals surface area contributed by atoms with Gasteiger partial charge in [0.15, 0.2) is 0 Å². The average molecular weight is 353 g/mol. The maximum Gasteiger partial charge on any atom is 0.292 e. The fraction of sp³-hybridized carbons (Fsp3) is 0.400. The molecule has 2 aliphatic rings. The Bertz CT molecular complexity index is 796. The molecule has 2 heterocycles. The summed E-state index contributed by atoms with van der Waals surface area (Å²) in [5, 5.41) is 11.5. The number of hydrogen-bond donors (Lipinski definition) is 0. The molecule has 6 nitrogen and oxygen atoms in total. The number of fused-ring (bicyclic) bond motifs is 1. The molecule has 2 fully saturated rings. The number of morpholine rings is 1. The quantitative estimate of drug-likeness (QED) is 0.625. The molecule has 2 aliphatic heterocycles. The number of nitro groups is 1. The minimum Gasteiger partial charge on any atom is -0.373 e. The van der Waals surface area contributed by atoms with E-state index in [4.69, 9.17) is 4.74 Å². The van der Waals surface area contributed by atoms with E-state index in [0.29, 0.717) is 18.8 Å². The molecular formula is C20H23N3O3. The van der Waals surface area contributed by atoms with Crippen molar-refractivity contribution in [2.45, 2.75) is 25.6 Å². The number of benzene rings is 2. The van der Waals surface area contributed by atoms with Crippen LogP contribution in [0.2, 0.25) is 0 Å².